The third-order valence-corrected chi connectivity index (χ3v) is 4.49. The first-order valence-electron chi connectivity index (χ1n) is 8.98. The highest BCUT2D eigenvalue weighted by molar-refractivity contribution is 5.91. The maximum absolute atomic E-state index is 12.1. The van der Waals surface area contributed by atoms with Crippen molar-refractivity contribution < 1.29 is 9.53 Å². The van der Waals surface area contributed by atoms with Gasteiger partial charge in [0, 0.05) is 36.9 Å². The van der Waals surface area contributed by atoms with Crippen molar-refractivity contribution in [3.63, 3.8) is 0 Å². The van der Waals surface area contributed by atoms with Crippen LogP contribution in [-0.4, -0.2) is 41.2 Å². The molecule has 5 nitrogen and oxygen atoms in total. The quantitative estimate of drug-likeness (QED) is 0.904. The second-order valence-electron chi connectivity index (χ2n) is 7.67. The summed E-state index contributed by atoms with van der Waals surface area (Å²) >= 11 is 0. The summed E-state index contributed by atoms with van der Waals surface area (Å²) in [5.41, 5.74) is 1.70. The number of carbonyl (C=O) groups excluding carboxylic acids is 1. The SMILES string of the molecule is CC(C)(C)OC(=O)N1CCC(CNc2cccc3ncccc23)CC1. The van der Waals surface area contributed by atoms with Crippen LogP contribution >= 0.6 is 0 Å². The zero-order valence-electron chi connectivity index (χ0n) is 15.3. The molecular weight excluding hydrogens is 314 g/mol. The third kappa shape index (κ3) is 4.62. The van der Waals surface area contributed by atoms with Gasteiger partial charge in [0.25, 0.3) is 0 Å². The number of rotatable bonds is 3. The summed E-state index contributed by atoms with van der Waals surface area (Å²) in [4.78, 5) is 18.3. The van der Waals surface area contributed by atoms with E-state index in [-0.39, 0.29) is 6.09 Å². The normalized spacial score (nSPS) is 16.0. The van der Waals surface area contributed by atoms with E-state index in [9.17, 15) is 4.79 Å². The molecule has 2 aromatic rings. The average Bonchev–Trinajstić information content (AvgIpc) is 2.59. The lowest BCUT2D eigenvalue weighted by atomic mass is 9.97. The van der Waals surface area contributed by atoms with Gasteiger partial charge in [-0.3, -0.25) is 4.98 Å². The van der Waals surface area contributed by atoms with E-state index in [4.69, 9.17) is 4.74 Å². The lowest BCUT2D eigenvalue weighted by Crippen LogP contribution is -2.42. The Labute approximate surface area is 149 Å². The van der Waals surface area contributed by atoms with E-state index in [1.54, 1.807) is 0 Å². The first-order chi connectivity index (χ1) is 11.9. The molecule has 1 aliphatic heterocycles. The molecule has 2 heterocycles. The number of carbonyl (C=O) groups is 1. The topological polar surface area (TPSA) is 54.5 Å². The first kappa shape index (κ1) is 17.5. The molecule has 5 heteroatoms. The van der Waals surface area contributed by atoms with Crippen molar-refractivity contribution in [1.29, 1.82) is 0 Å². The third-order valence-electron chi connectivity index (χ3n) is 4.49. The highest BCUT2D eigenvalue weighted by atomic mass is 16.6. The molecule has 25 heavy (non-hydrogen) atoms. The highest BCUT2D eigenvalue weighted by Gasteiger charge is 2.26. The monoisotopic (exact) mass is 341 g/mol. The predicted octanol–water partition coefficient (Wildman–Crippen LogP) is 4.29. The number of hydrogen-bond acceptors (Lipinski definition) is 4. The van der Waals surface area contributed by atoms with Gasteiger partial charge in [0.1, 0.15) is 5.60 Å². The van der Waals surface area contributed by atoms with E-state index < -0.39 is 5.60 Å². The number of amides is 1. The molecule has 1 saturated heterocycles. The van der Waals surface area contributed by atoms with Crippen LogP contribution in [-0.2, 0) is 4.74 Å². The molecule has 0 atom stereocenters. The summed E-state index contributed by atoms with van der Waals surface area (Å²) in [6.45, 7) is 8.15. The minimum Gasteiger partial charge on any atom is -0.444 e. The summed E-state index contributed by atoms with van der Waals surface area (Å²) in [6, 6.07) is 10.2. The van der Waals surface area contributed by atoms with Gasteiger partial charge in [-0.2, -0.15) is 0 Å². The lowest BCUT2D eigenvalue weighted by molar-refractivity contribution is 0.0188. The molecule has 1 N–H and O–H groups in total. The van der Waals surface area contributed by atoms with Gasteiger partial charge in [-0.15, -0.1) is 0 Å². The van der Waals surface area contributed by atoms with Crippen LogP contribution in [0.5, 0.6) is 0 Å². The van der Waals surface area contributed by atoms with Gasteiger partial charge >= 0.3 is 6.09 Å². The van der Waals surface area contributed by atoms with E-state index in [0.717, 1.165) is 49.1 Å². The molecule has 0 unspecified atom stereocenters. The van der Waals surface area contributed by atoms with Gasteiger partial charge in [-0.05, 0) is 63.8 Å². The summed E-state index contributed by atoms with van der Waals surface area (Å²) in [6.07, 6.45) is 3.61. The lowest BCUT2D eigenvalue weighted by Gasteiger charge is -2.33. The molecule has 0 radical (unpaired) electrons. The number of aromatic nitrogens is 1. The Balaban J connectivity index is 1.52. The molecule has 1 aromatic heterocycles. The standard InChI is InChI=1S/C20H27N3O2/c1-20(2,3)25-19(24)23-12-9-15(10-13-23)14-22-18-8-4-7-17-16(18)6-5-11-21-17/h4-8,11,15,22H,9-10,12-14H2,1-3H3. The van der Waals surface area contributed by atoms with Gasteiger partial charge in [-0.1, -0.05) is 6.07 Å². The van der Waals surface area contributed by atoms with E-state index in [2.05, 4.69) is 22.4 Å². The van der Waals surface area contributed by atoms with Crippen LogP contribution < -0.4 is 5.32 Å². The van der Waals surface area contributed by atoms with E-state index in [1.165, 1.54) is 0 Å². The smallest absolute Gasteiger partial charge is 0.410 e. The number of piperidine rings is 1. The Kier molecular flexibility index (Phi) is 5.11. The van der Waals surface area contributed by atoms with E-state index in [1.807, 2.05) is 50.1 Å². The van der Waals surface area contributed by atoms with Gasteiger partial charge < -0.3 is 15.0 Å². The Hall–Kier alpha value is -2.30. The van der Waals surface area contributed by atoms with Gasteiger partial charge in [0.15, 0.2) is 0 Å². The van der Waals surface area contributed by atoms with Crippen molar-refractivity contribution in [2.45, 2.75) is 39.2 Å². The minimum atomic E-state index is -0.433. The Morgan fingerprint density at radius 2 is 2.00 bits per heavy atom. The Morgan fingerprint density at radius 1 is 1.24 bits per heavy atom. The van der Waals surface area contributed by atoms with Gasteiger partial charge in [0.2, 0.25) is 0 Å². The summed E-state index contributed by atoms with van der Waals surface area (Å²) in [5.74, 6) is 0.561. The van der Waals surface area contributed by atoms with Crippen molar-refractivity contribution in [1.82, 2.24) is 9.88 Å². The zero-order chi connectivity index (χ0) is 17.9. The molecule has 1 aliphatic rings. The van der Waals surface area contributed by atoms with Crippen LogP contribution in [0.25, 0.3) is 10.9 Å². The fraction of sp³-hybridized carbons (Fsp3) is 0.500. The van der Waals surface area contributed by atoms with Crippen molar-refractivity contribution >= 4 is 22.7 Å². The van der Waals surface area contributed by atoms with Crippen LogP contribution in [0.4, 0.5) is 10.5 Å². The van der Waals surface area contributed by atoms with Crippen LogP contribution in [0.1, 0.15) is 33.6 Å². The number of nitrogens with zero attached hydrogens (tertiary/aromatic N) is 2. The number of likely N-dealkylation sites (tertiary alicyclic amines) is 1. The Bertz CT molecular complexity index is 726. The highest BCUT2D eigenvalue weighted by Crippen LogP contribution is 2.24. The van der Waals surface area contributed by atoms with Crippen LogP contribution in [0.2, 0.25) is 0 Å². The number of nitrogens with one attached hydrogen (secondary N) is 1. The van der Waals surface area contributed by atoms with Gasteiger partial charge in [0.05, 0.1) is 5.52 Å². The number of pyridine rings is 1. The van der Waals surface area contributed by atoms with Crippen molar-refractivity contribution in [2.24, 2.45) is 5.92 Å². The number of hydrogen-bond donors (Lipinski definition) is 1. The van der Waals surface area contributed by atoms with Crippen LogP contribution in [0.3, 0.4) is 0 Å². The van der Waals surface area contributed by atoms with Crippen molar-refractivity contribution in [3.05, 3.63) is 36.5 Å². The molecule has 3 rings (SSSR count). The molecular formula is C20H27N3O2. The van der Waals surface area contributed by atoms with Crippen LogP contribution in [0, 0.1) is 5.92 Å². The maximum atomic E-state index is 12.1. The first-order valence-corrected chi connectivity index (χ1v) is 8.98. The molecule has 0 spiro atoms. The predicted molar refractivity (Wildman–Crippen MR) is 101 cm³/mol. The Morgan fingerprint density at radius 3 is 2.72 bits per heavy atom. The largest absolute Gasteiger partial charge is 0.444 e. The molecule has 1 fully saturated rings. The van der Waals surface area contributed by atoms with Gasteiger partial charge in [-0.25, -0.2) is 4.79 Å². The number of anilines is 1. The zero-order valence-corrected chi connectivity index (χ0v) is 15.3. The number of ether oxygens (including phenoxy) is 1. The maximum Gasteiger partial charge on any atom is 0.410 e. The average molecular weight is 341 g/mol. The minimum absolute atomic E-state index is 0.195. The molecule has 0 bridgehead atoms. The summed E-state index contributed by atoms with van der Waals surface area (Å²) in [5, 5.41) is 4.71. The van der Waals surface area contributed by atoms with Crippen molar-refractivity contribution in [3.8, 4) is 0 Å². The fourth-order valence-electron chi connectivity index (χ4n) is 3.16. The van der Waals surface area contributed by atoms with Crippen molar-refractivity contribution in [2.75, 3.05) is 25.0 Å². The second kappa shape index (κ2) is 7.30. The van der Waals surface area contributed by atoms with Crippen LogP contribution in [0.15, 0.2) is 36.5 Å². The molecule has 134 valence electrons. The summed E-state index contributed by atoms with van der Waals surface area (Å²) in [7, 11) is 0. The fourth-order valence-corrected chi connectivity index (χ4v) is 3.16. The molecule has 0 saturated carbocycles. The molecule has 0 aliphatic carbocycles. The number of benzene rings is 1. The molecule has 1 amide bonds. The second-order valence-corrected chi connectivity index (χ2v) is 7.67. The number of fused-ring (bicyclic) bond motifs is 1. The molecule has 1 aromatic carbocycles. The van der Waals surface area contributed by atoms with E-state index >= 15 is 0 Å². The summed E-state index contributed by atoms with van der Waals surface area (Å²) < 4.78 is 5.45. The van der Waals surface area contributed by atoms with E-state index in [0.29, 0.717) is 5.92 Å².